The highest BCUT2D eigenvalue weighted by Crippen LogP contribution is 2.16. The third kappa shape index (κ3) is 50.2. The van der Waals surface area contributed by atoms with Crippen LogP contribution in [0, 0.1) is 5.92 Å². The molecular formula is C66H113N9O17. The maximum absolute atomic E-state index is 13.7. The fourth-order valence-electron chi connectivity index (χ4n) is 9.79. The Bertz CT molecular complexity index is 2290. The van der Waals surface area contributed by atoms with Gasteiger partial charge < -0.3 is 77.6 Å². The summed E-state index contributed by atoms with van der Waals surface area (Å²) in [4.78, 5) is 128. The van der Waals surface area contributed by atoms with Crippen molar-refractivity contribution in [2.45, 2.75) is 225 Å². The number of nitrogens with two attached hydrogens (primary N) is 2. The molecule has 4 atom stereocenters. The Labute approximate surface area is 545 Å². The van der Waals surface area contributed by atoms with Crippen molar-refractivity contribution in [2.75, 3.05) is 85.6 Å². The van der Waals surface area contributed by atoms with Crippen molar-refractivity contribution < 1.29 is 82.2 Å². The van der Waals surface area contributed by atoms with E-state index in [-0.39, 0.29) is 169 Å². The van der Waals surface area contributed by atoms with Gasteiger partial charge in [0.15, 0.2) is 23.3 Å². The molecule has 0 saturated heterocycles. The van der Waals surface area contributed by atoms with Crippen molar-refractivity contribution in [1.29, 1.82) is 0 Å². The Morgan fingerprint density at radius 1 is 0.500 bits per heavy atom. The molecule has 0 bridgehead atoms. The van der Waals surface area contributed by atoms with E-state index in [1.165, 1.54) is 51.2 Å². The summed E-state index contributed by atoms with van der Waals surface area (Å²) in [6.07, 6.45) is 18.9. The minimum atomic E-state index is -1.20. The van der Waals surface area contributed by atoms with Gasteiger partial charge in [-0.25, -0.2) is 4.79 Å². The number of amides is 4. The number of aliphatic carboxylic acids is 2. The van der Waals surface area contributed by atoms with E-state index in [0.29, 0.717) is 71.1 Å². The van der Waals surface area contributed by atoms with Crippen LogP contribution in [-0.2, 0) is 73.3 Å². The van der Waals surface area contributed by atoms with Gasteiger partial charge in [-0.2, -0.15) is 0 Å². The van der Waals surface area contributed by atoms with Crippen LogP contribution in [0.3, 0.4) is 0 Å². The number of ether oxygens (including phenoxy) is 4. The number of aromatic hydroxyl groups is 1. The van der Waals surface area contributed by atoms with Gasteiger partial charge in [0.1, 0.15) is 30.8 Å². The maximum atomic E-state index is 13.7. The van der Waals surface area contributed by atoms with Crippen LogP contribution in [0.1, 0.15) is 200 Å². The van der Waals surface area contributed by atoms with Gasteiger partial charge in [-0.15, -0.1) is 0 Å². The number of aliphatic imine (C=N–C) groups is 1. The molecular weight excluding hydrogens is 1190 g/mol. The molecule has 0 heterocycles. The normalized spacial score (nSPS) is 12.5. The smallest absolute Gasteiger partial charge is 0.326 e. The first-order valence-corrected chi connectivity index (χ1v) is 33.4. The van der Waals surface area contributed by atoms with E-state index in [1.54, 1.807) is 12.1 Å². The molecule has 92 heavy (non-hydrogen) atoms. The van der Waals surface area contributed by atoms with Gasteiger partial charge in [-0.1, -0.05) is 103 Å². The molecule has 26 heteroatoms. The van der Waals surface area contributed by atoms with Crippen LogP contribution < -0.4 is 43.4 Å². The number of nitrogens with one attached hydrogen (secondary N) is 6. The molecule has 0 aliphatic heterocycles. The van der Waals surface area contributed by atoms with E-state index < -0.39 is 42.0 Å². The zero-order valence-corrected chi connectivity index (χ0v) is 55.3. The summed E-state index contributed by atoms with van der Waals surface area (Å²) in [5.74, 6) is -3.80. The molecule has 4 amide bonds. The Morgan fingerprint density at radius 3 is 1.67 bits per heavy atom. The molecule has 0 radical (unpaired) electrons. The molecule has 13 N–H and O–H groups in total. The van der Waals surface area contributed by atoms with Crippen LogP contribution in [0.15, 0.2) is 29.3 Å². The topological polar surface area (TPSA) is 405 Å². The van der Waals surface area contributed by atoms with E-state index in [2.05, 4.69) is 36.9 Å². The van der Waals surface area contributed by atoms with Crippen molar-refractivity contribution >= 4 is 64.7 Å². The van der Waals surface area contributed by atoms with E-state index in [9.17, 15) is 58.2 Å². The lowest BCUT2D eigenvalue weighted by Gasteiger charge is -2.23. The third-order valence-corrected chi connectivity index (χ3v) is 14.9. The lowest BCUT2D eigenvalue weighted by molar-refractivity contribution is -0.142. The standard InChI is InChI=1S/C66H113N9O17/c1-49(2)42-55(79)45-73-56(59(80)46-72-52(22-20-34-71-66(67)68)44-62(83)75-58(50(3)76)43-51-27-29-53(77)30-28-51)24-18-19-33-69-63(84)48-92-41-38-89-36-21-23-54(78)47-91-40-39-90-37-35-70-60(81)32-31-57(65(87)88)74-61(82)25-16-14-12-10-8-6-4-5-7-9-11-13-15-17-26-64(85)86/h27-30,49,52,56-58,72-73,77H,4-26,31-48H2,1-3H3,(H,69,84)(H,70,81)(H,74,82)(H,75,83)(H,85,86)(H,87,88)(H4,67,68,71)/t52-,56-,57-,58-/m0/s1. The van der Waals surface area contributed by atoms with Crippen molar-refractivity contribution in [1.82, 2.24) is 31.9 Å². The van der Waals surface area contributed by atoms with Gasteiger partial charge in [0.2, 0.25) is 23.6 Å². The van der Waals surface area contributed by atoms with Crippen LogP contribution >= 0.6 is 0 Å². The van der Waals surface area contributed by atoms with Crippen molar-refractivity contribution in [2.24, 2.45) is 22.4 Å². The van der Waals surface area contributed by atoms with E-state index in [1.807, 2.05) is 13.8 Å². The SMILES string of the molecule is CC(=O)[C@H](Cc1ccc(O)cc1)NC(=O)C[C@H](CCCN=C(N)N)NCC(=O)[C@H](CCCCNC(=O)COCCOCCCC(=O)COCCOCCNC(=O)CC[C@H](NC(=O)CCCCCCCCCCCCCCCCC(=O)O)C(=O)O)NCC(=O)CC(C)C. The quantitative estimate of drug-likeness (QED) is 0.0231. The van der Waals surface area contributed by atoms with Crippen molar-refractivity contribution in [3.63, 3.8) is 0 Å². The number of benzene rings is 1. The first kappa shape index (κ1) is 83.6. The lowest BCUT2D eigenvalue weighted by Crippen LogP contribution is -2.47. The number of nitrogens with zero attached hydrogens (tertiary/aromatic N) is 1. The Balaban J connectivity index is 2.24. The summed E-state index contributed by atoms with van der Waals surface area (Å²) in [5, 5.41) is 45.1. The number of Topliss-reactive ketones (excluding diaryl/α,β-unsaturated/α-hetero) is 4. The van der Waals surface area contributed by atoms with Gasteiger partial charge in [-0.05, 0) is 94.7 Å². The number of rotatable bonds is 63. The summed E-state index contributed by atoms with van der Waals surface area (Å²) < 4.78 is 21.8. The largest absolute Gasteiger partial charge is 0.508 e. The van der Waals surface area contributed by atoms with Crippen LogP contribution in [0.5, 0.6) is 5.75 Å². The molecule has 26 nitrogen and oxygen atoms in total. The summed E-state index contributed by atoms with van der Waals surface area (Å²) in [5.41, 5.74) is 11.7. The number of unbranched alkanes of at least 4 members (excludes halogenated alkanes) is 14. The predicted molar refractivity (Wildman–Crippen MR) is 350 cm³/mol. The second-order valence-electron chi connectivity index (χ2n) is 23.9. The average Bonchev–Trinajstić information content (AvgIpc) is 1.84. The van der Waals surface area contributed by atoms with Crippen LogP contribution in [0.2, 0.25) is 0 Å². The van der Waals surface area contributed by atoms with E-state index in [0.717, 1.165) is 56.9 Å². The molecule has 1 aromatic rings. The minimum absolute atomic E-state index is 0.00638. The lowest BCUT2D eigenvalue weighted by atomic mass is 10.0. The van der Waals surface area contributed by atoms with E-state index >= 15 is 0 Å². The van der Waals surface area contributed by atoms with Crippen molar-refractivity contribution in [3.8, 4) is 5.75 Å². The molecule has 1 aromatic carbocycles. The number of hydrogen-bond donors (Lipinski definition) is 11. The van der Waals surface area contributed by atoms with Crippen LogP contribution in [0.25, 0.3) is 0 Å². The van der Waals surface area contributed by atoms with Gasteiger partial charge in [0.05, 0.1) is 58.2 Å². The molecule has 0 saturated carbocycles. The van der Waals surface area contributed by atoms with Crippen LogP contribution in [-0.4, -0.2) is 190 Å². The summed E-state index contributed by atoms with van der Waals surface area (Å²) >= 11 is 0. The number of ketones is 4. The highest BCUT2D eigenvalue weighted by molar-refractivity contribution is 5.89. The fraction of sp³-hybridized carbons (Fsp3) is 0.742. The second kappa shape index (κ2) is 55.0. The predicted octanol–water partition coefficient (Wildman–Crippen LogP) is 5.05. The minimum Gasteiger partial charge on any atom is -0.508 e. The number of phenolic OH excluding ortho intramolecular Hbond substituents is 1. The highest BCUT2D eigenvalue weighted by Gasteiger charge is 2.25. The number of carboxylic acids is 2. The molecule has 524 valence electrons. The van der Waals surface area contributed by atoms with Gasteiger partial charge in [0, 0.05) is 70.8 Å². The number of carboxylic acid groups (broad SMARTS) is 2. The Hall–Kier alpha value is -6.45. The number of guanidine groups is 1. The van der Waals surface area contributed by atoms with E-state index in [4.69, 9.17) is 35.5 Å². The second-order valence-corrected chi connectivity index (χ2v) is 23.9. The summed E-state index contributed by atoms with van der Waals surface area (Å²) in [7, 11) is 0. The molecule has 0 aromatic heterocycles. The van der Waals surface area contributed by atoms with Crippen molar-refractivity contribution in [3.05, 3.63) is 29.8 Å². The van der Waals surface area contributed by atoms with Gasteiger partial charge >= 0.3 is 11.9 Å². The number of carbonyl (C=O) groups is 10. The molecule has 0 unspecified atom stereocenters. The maximum Gasteiger partial charge on any atom is 0.326 e. The highest BCUT2D eigenvalue weighted by atomic mass is 16.5. The van der Waals surface area contributed by atoms with Gasteiger partial charge in [-0.3, -0.25) is 48.1 Å². The monoisotopic (exact) mass is 1300 g/mol. The first-order chi connectivity index (χ1) is 44.1. The Morgan fingerprint density at radius 2 is 1.08 bits per heavy atom. The Kier molecular flexibility index (Phi) is 50.0. The van der Waals surface area contributed by atoms with Gasteiger partial charge in [0.25, 0.3) is 0 Å². The summed E-state index contributed by atoms with van der Waals surface area (Å²) in [6.45, 7) is 6.92. The zero-order valence-electron chi connectivity index (χ0n) is 55.3. The average molecular weight is 1300 g/mol. The third-order valence-electron chi connectivity index (χ3n) is 14.9. The molecule has 0 aliphatic carbocycles. The number of carbonyl (C=O) groups excluding carboxylic acids is 8. The number of phenols is 1. The van der Waals surface area contributed by atoms with Crippen LogP contribution in [0.4, 0.5) is 0 Å². The molecule has 0 spiro atoms. The molecule has 0 fully saturated rings. The first-order valence-electron chi connectivity index (χ1n) is 33.4. The summed E-state index contributed by atoms with van der Waals surface area (Å²) in [6, 6.07) is 3.23. The zero-order chi connectivity index (χ0) is 68.0. The fourth-order valence-corrected chi connectivity index (χ4v) is 9.79. The molecule has 0 aliphatic rings. The molecule has 1 rings (SSSR count). The number of hydrogen-bond acceptors (Lipinski definition) is 18.